The number of carbonyl (C=O) groups is 2. The van der Waals surface area contributed by atoms with Gasteiger partial charge >= 0.3 is 11.9 Å². The standard InChI is InChI=1S/C27H32O5/c1-4-8-20-12-16-22(17-13-20)26(30)27(23-18-14-21(9-5-2)15-19-23)32-25(29)11-7-6-10-24(28)31-3/h4-5,8-9,12-19,26-27,30H,6-7,10-11H2,1-3H3/b8-4+,9-5+. The molecule has 0 bridgehead atoms. The summed E-state index contributed by atoms with van der Waals surface area (Å²) in [6.07, 6.45) is 7.47. The predicted molar refractivity (Wildman–Crippen MR) is 127 cm³/mol. The topological polar surface area (TPSA) is 72.8 Å². The Morgan fingerprint density at radius 2 is 1.28 bits per heavy atom. The number of aliphatic hydroxyl groups is 1. The van der Waals surface area contributed by atoms with Crippen LogP contribution in [0, 0.1) is 0 Å². The molecule has 32 heavy (non-hydrogen) atoms. The molecule has 0 radical (unpaired) electrons. The summed E-state index contributed by atoms with van der Waals surface area (Å²) in [6.45, 7) is 3.89. The maximum Gasteiger partial charge on any atom is 0.306 e. The minimum Gasteiger partial charge on any atom is -0.469 e. The molecule has 5 heteroatoms. The van der Waals surface area contributed by atoms with Crippen LogP contribution in [0.4, 0.5) is 0 Å². The summed E-state index contributed by atoms with van der Waals surface area (Å²) in [5.74, 6) is -0.712. The first-order valence-electron chi connectivity index (χ1n) is 10.9. The van der Waals surface area contributed by atoms with E-state index < -0.39 is 18.2 Å². The van der Waals surface area contributed by atoms with Crippen LogP contribution in [0.1, 0.15) is 74.0 Å². The van der Waals surface area contributed by atoms with Gasteiger partial charge < -0.3 is 14.6 Å². The second-order valence-electron chi connectivity index (χ2n) is 7.47. The summed E-state index contributed by atoms with van der Waals surface area (Å²) in [5.41, 5.74) is 3.43. The van der Waals surface area contributed by atoms with E-state index in [0.29, 0.717) is 24.0 Å². The third kappa shape index (κ3) is 7.82. The molecule has 2 aromatic rings. The second-order valence-corrected chi connectivity index (χ2v) is 7.47. The van der Waals surface area contributed by atoms with Gasteiger partial charge in [0.05, 0.1) is 7.11 Å². The molecule has 0 spiro atoms. The van der Waals surface area contributed by atoms with Gasteiger partial charge in [0.2, 0.25) is 0 Å². The zero-order valence-corrected chi connectivity index (χ0v) is 19.0. The summed E-state index contributed by atoms with van der Waals surface area (Å²) >= 11 is 0. The lowest BCUT2D eigenvalue weighted by molar-refractivity contribution is -0.156. The summed E-state index contributed by atoms with van der Waals surface area (Å²) < 4.78 is 10.3. The zero-order valence-electron chi connectivity index (χ0n) is 19.0. The van der Waals surface area contributed by atoms with Gasteiger partial charge in [-0.2, -0.15) is 0 Å². The van der Waals surface area contributed by atoms with Gasteiger partial charge in [-0.3, -0.25) is 9.59 Å². The molecule has 0 fully saturated rings. The Balaban J connectivity index is 2.16. The molecular weight excluding hydrogens is 404 g/mol. The van der Waals surface area contributed by atoms with E-state index in [9.17, 15) is 14.7 Å². The summed E-state index contributed by atoms with van der Waals surface area (Å²) in [6, 6.07) is 15.1. The smallest absolute Gasteiger partial charge is 0.306 e. The SMILES string of the molecule is C/C=C/c1ccc(C(O)C(OC(=O)CCCCC(=O)OC)c2ccc(/C=C/C)cc2)cc1. The maximum atomic E-state index is 12.5. The molecule has 0 saturated carbocycles. The summed E-state index contributed by atoms with van der Waals surface area (Å²) in [7, 11) is 1.34. The molecule has 0 saturated heterocycles. The van der Waals surface area contributed by atoms with Crippen molar-refractivity contribution in [1.29, 1.82) is 0 Å². The van der Waals surface area contributed by atoms with E-state index in [1.54, 1.807) is 0 Å². The summed E-state index contributed by atoms with van der Waals surface area (Å²) in [5, 5.41) is 11.1. The maximum absolute atomic E-state index is 12.5. The van der Waals surface area contributed by atoms with Gasteiger partial charge in [-0.05, 0) is 48.9 Å². The van der Waals surface area contributed by atoms with Gasteiger partial charge in [-0.25, -0.2) is 0 Å². The normalized spacial score (nSPS) is 13.2. The number of aliphatic hydroxyl groups excluding tert-OH is 1. The molecule has 2 unspecified atom stereocenters. The van der Waals surface area contributed by atoms with Crippen LogP contribution >= 0.6 is 0 Å². The quantitative estimate of drug-likeness (QED) is 0.356. The number of rotatable bonds is 11. The molecule has 170 valence electrons. The third-order valence-corrected chi connectivity index (χ3v) is 5.05. The first-order chi connectivity index (χ1) is 15.5. The first-order valence-corrected chi connectivity index (χ1v) is 10.9. The Bertz CT molecular complexity index is 910. The van der Waals surface area contributed by atoms with Gasteiger partial charge in [0.25, 0.3) is 0 Å². The highest BCUT2D eigenvalue weighted by molar-refractivity contribution is 5.71. The lowest BCUT2D eigenvalue weighted by Crippen LogP contribution is -2.18. The number of hydrogen-bond donors (Lipinski definition) is 1. The van der Waals surface area contributed by atoms with Crippen molar-refractivity contribution in [3.8, 4) is 0 Å². The van der Waals surface area contributed by atoms with E-state index in [2.05, 4.69) is 4.74 Å². The highest BCUT2D eigenvalue weighted by Crippen LogP contribution is 2.33. The van der Waals surface area contributed by atoms with Gasteiger partial charge in [-0.1, -0.05) is 72.8 Å². The molecule has 0 amide bonds. The molecule has 0 heterocycles. The van der Waals surface area contributed by atoms with Gasteiger partial charge in [0, 0.05) is 12.8 Å². The van der Waals surface area contributed by atoms with E-state index in [0.717, 1.165) is 11.1 Å². The lowest BCUT2D eigenvalue weighted by atomic mass is 9.96. The second kappa shape index (κ2) is 13.3. The van der Waals surface area contributed by atoms with Gasteiger partial charge in [-0.15, -0.1) is 0 Å². The van der Waals surface area contributed by atoms with Crippen molar-refractivity contribution in [3.05, 3.63) is 82.9 Å². The van der Waals surface area contributed by atoms with Crippen molar-refractivity contribution in [1.82, 2.24) is 0 Å². The number of methoxy groups -OCH3 is 1. The molecule has 0 aromatic heterocycles. The van der Waals surface area contributed by atoms with Crippen molar-refractivity contribution >= 4 is 24.1 Å². The molecule has 5 nitrogen and oxygen atoms in total. The molecule has 0 aliphatic rings. The minimum absolute atomic E-state index is 0.164. The summed E-state index contributed by atoms with van der Waals surface area (Å²) in [4.78, 5) is 23.7. The lowest BCUT2D eigenvalue weighted by Gasteiger charge is -2.24. The molecule has 0 aliphatic carbocycles. The fourth-order valence-corrected chi connectivity index (χ4v) is 3.32. The average Bonchev–Trinajstić information content (AvgIpc) is 2.81. The van der Waals surface area contributed by atoms with Crippen molar-refractivity contribution in [3.63, 3.8) is 0 Å². The zero-order chi connectivity index (χ0) is 23.3. The van der Waals surface area contributed by atoms with Crippen LogP contribution in [0.15, 0.2) is 60.7 Å². The van der Waals surface area contributed by atoms with Crippen molar-refractivity contribution in [2.45, 2.75) is 51.7 Å². The van der Waals surface area contributed by atoms with Crippen LogP contribution in [0.2, 0.25) is 0 Å². The molecule has 2 atom stereocenters. The van der Waals surface area contributed by atoms with E-state index >= 15 is 0 Å². The Kier molecular flexibility index (Phi) is 10.4. The van der Waals surface area contributed by atoms with Crippen LogP contribution < -0.4 is 0 Å². The number of allylic oxidation sites excluding steroid dienone is 2. The van der Waals surface area contributed by atoms with E-state index in [4.69, 9.17) is 4.74 Å². The largest absolute Gasteiger partial charge is 0.469 e. The fraction of sp³-hybridized carbons (Fsp3) is 0.333. The predicted octanol–water partition coefficient (Wildman–Crippen LogP) is 5.80. The van der Waals surface area contributed by atoms with E-state index in [-0.39, 0.29) is 18.8 Å². The highest BCUT2D eigenvalue weighted by atomic mass is 16.6. The van der Waals surface area contributed by atoms with Crippen LogP contribution in [0.3, 0.4) is 0 Å². The average molecular weight is 437 g/mol. The molecule has 2 rings (SSSR count). The van der Waals surface area contributed by atoms with E-state index in [1.807, 2.05) is 86.7 Å². The molecular formula is C27H32O5. The number of carbonyl (C=O) groups excluding carboxylic acids is 2. The molecule has 1 N–H and O–H groups in total. The van der Waals surface area contributed by atoms with Crippen LogP contribution in [0.5, 0.6) is 0 Å². The number of esters is 2. The molecule has 2 aromatic carbocycles. The van der Waals surface area contributed by atoms with Crippen molar-refractivity contribution < 1.29 is 24.2 Å². The van der Waals surface area contributed by atoms with Crippen LogP contribution in [-0.2, 0) is 19.1 Å². The van der Waals surface area contributed by atoms with Crippen molar-refractivity contribution in [2.24, 2.45) is 0 Å². The van der Waals surface area contributed by atoms with Gasteiger partial charge in [0.1, 0.15) is 6.10 Å². The minimum atomic E-state index is -1.01. The number of unbranched alkanes of at least 4 members (excludes halogenated alkanes) is 1. The number of hydrogen-bond acceptors (Lipinski definition) is 5. The van der Waals surface area contributed by atoms with Gasteiger partial charge in [0.15, 0.2) is 6.10 Å². The Morgan fingerprint density at radius 3 is 1.75 bits per heavy atom. The Hall–Kier alpha value is -3.18. The van der Waals surface area contributed by atoms with Crippen LogP contribution in [0.25, 0.3) is 12.2 Å². The Morgan fingerprint density at radius 1 is 0.812 bits per heavy atom. The first kappa shape index (κ1) is 25.1. The molecule has 0 aliphatic heterocycles. The van der Waals surface area contributed by atoms with Crippen molar-refractivity contribution in [2.75, 3.05) is 7.11 Å². The van der Waals surface area contributed by atoms with E-state index in [1.165, 1.54) is 7.11 Å². The van der Waals surface area contributed by atoms with Crippen LogP contribution in [-0.4, -0.2) is 24.2 Å². The number of ether oxygens (including phenoxy) is 2. The Labute approximate surface area is 190 Å². The third-order valence-electron chi connectivity index (χ3n) is 5.05. The number of benzene rings is 2. The fourth-order valence-electron chi connectivity index (χ4n) is 3.32. The highest BCUT2D eigenvalue weighted by Gasteiger charge is 2.26. The monoisotopic (exact) mass is 436 g/mol.